The predicted octanol–water partition coefficient (Wildman–Crippen LogP) is 5.11. The van der Waals surface area contributed by atoms with Gasteiger partial charge in [0.1, 0.15) is 0 Å². The first kappa shape index (κ1) is 23.4. The maximum Gasteiger partial charge on any atom is 0.338 e. The fraction of sp³-hybridized carbons (Fsp3) is 0.409. The van der Waals surface area contributed by atoms with E-state index in [1.54, 1.807) is 26.8 Å². The molecule has 0 saturated heterocycles. The highest BCUT2D eigenvalue weighted by Crippen LogP contribution is 2.32. The lowest BCUT2D eigenvalue weighted by Crippen LogP contribution is -2.25. The predicted molar refractivity (Wildman–Crippen MR) is 118 cm³/mol. The van der Waals surface area contributed by atoms with Gasteiger partial charge in [-0.1, -0.05) is 39.8 Å². The molecule has 0 aliphatic carbocycles. The molecule has 0 bridgehead atoms. The Hall–Kier alpha value is -1.83. The summed E-state index contributed by atoms with van der Waals surface area (Å²) in [4.78, 5) is 13.0. The number of nitrogens with zero attached hydrogens (tertiary/aromatic N) is 1. The van der Waals surface area contributed by atoms with Crippen molar-refractivity contribution >= 4 is 27.9 Å². The SMILES string of the molecule is CCN(Sc1ccc(C(C)(C)C)cc1)S(=O)(=O)c1cc(C)c(C)c(C(=O)OC)c1. The molecule has 0 aliphatic rings. The van der Waals surface area contributed by atoms with Crippen LogP contribution in [0.15, 0.2) is 46.2 Å². The van der Waals surface area contributed by atoms with E-state index >= 15 is 0 Å². The number of aryl methyl sites for hydroxylation is 1. The number of ether oxygens (including phenoxy) is 1. The summed E-state index contributed by atoms with van der Waals surface area (Å²) in [5.41, 5.74) is 2.92. The maximum atomic E-state index is 13.3. The molecule has 0 amide bonds. The molecule has 0 N–H and O–H groups in total. The van der Waals surface area contributed by atoms with Crippen LogP contribution in [0.5, 0.6) is 0 Å². The van der Waals surface area contributed by atoms with Gasteiger partial charge in [-0.05, 0) is 72.2 Å². The van der Waals surface area contributed by atoms with Crippen molar-refractivity contribution in [3.8, 4) is 0 Å². The Morgan fingerprint density at radius 2 is 1.69 bits per heavy atom. The summed E-state index contributed by atoms with van der Waals surface area (Å²) in [6.45, 7) is 12.0. The van der Waals surface area contributed by atoms with Crippen molar-refractivity contribution in [2.45, 2.75) is 56.7 Å². The molecule has 0 saturated carbocycles. The van der Waals surface area contributed by atoms with Crippen molar-refractivity contribution in [3.63, 3.8) is 0 Å². The van der Waals surface area contributed by atoms with E-state index in [4.69, 9.17) is 4.74 Å². The minimum Gasteiger partial charge on any atom is -0.465 e. The van der Waals surface area contributed by atoms with Crippen LogP contribution in [0.1, 0.15) is 54.7 Å². The number of hydrogen-bond donors (Lipinski definition) is 0. The lowest BCUT2D eigenvalue weighted by Gasteiger charge is -2.22. The van der Waals surface area contributed by atoms with E-state index < -0.39 is 16.0 Å². The quantitative estimate of drug-likeness (QED) is 0.466. The second kappa shape index (κ2) is 8.90. The van der Waals surface area contributed by atoms with E-state index in [9.17, 15) is 13.2 Å². The normalized spacial score (nSPS) is 12.3. The molecule has 5 nitrogen and oxygen atoms in total. The zero-order valence-corrected chi connectivity index (χ0v) is 19.7. The zero-order chi connectivity index (χ0) is 22.0. The van der Waals surface area contributed by atoms with Gasteiger partial charge >= 0.3 is 5.97 Å². The summed E-state index contributed by atoms with van der Waals surface area (Å²) in [7, 11) is -2.52. The molecule has 7 heteroatoms. The number of methoxy groups -OCH3 is 1. The molecule has 0 heterocycles. The molecular formula is C22H29NO4S2. The monoisotopic (exact) mass is 435 g/mol. The molecule has 0 atom stereocenters. The molecule has 2 aromatic rings. The fourth-order valence-corrected chi connectivity index (χ4v) is 5.53. The summed E-state index contributed by atoms with van der Waals surface area (Å²) in [5.74, 6) is -0.545. The summed E-state index contributed by atoms with van der Waals surface area (Å²) in [6, 6.07) is 10.9. The summed E-state index contributed by atoms with van der Waals surface area (Å²) < 4.78 is 32.7. The first-order chi connectivity index (χ1) is 13.4. The van der Waals surface area contributed by atoms with Crippen molar-refractivity contribution in [1.82, 2.24) is 3.71 Å². The van der Waals surface area contributed by atoms with Crippen molar-refractivity contribution in [1.29, 1.82) is 0 Å². The number of sulfonamides is 1. The molecule has 0 radical (unpaired) electrons. The Morgan fingerprint density at radius 1 is 1.10 bits per heavy atom. The maximum absolute atomic E-state index is 13.3. The van der Waals surface area contributed by atoms with Gasteiger partial charge in [-0.25, -0.2) is 13.2 Å². The number of esters is 1. The third-order valence-corrected chi connectivity index (χ3v) is 8.18. The van der Waals surface area contributed by atoms with Gasteiger partial charge in [-0.3, -0.25) is 0 Å². The molecule has 0 spiro atoms. The van der Waals surface area contributed by atoms with Crippen LogP contribution < -0.4 is 0 Å². The van der Waals surface area contributed by atoms with Gasteiger partial charge in [0.15, 0.2) is 0 Å². The van der Waals surface area contributed by atoms with E-state index in [0.717, 1.165) is 10.5 Å². The number of hydrogen-bond acceptors (Lipinski definition) is 5. The largest absolute Gasteiger partial charge is 0.465 e. The van der Waals surface area contributed by atoms with Crippen LogP contribution in [0.3, 0.4) is 0 Å². The van der Waals surface area contributed by atoms with Crippen molar-refractivity contribution in [2.75, 3.05) is 13.7 Å². The second-order valence-electron chi connectivity index (χ2n) is 7.89. The van der Waals surface area contributed by atoms with E-state index in [1.165, 1.54) is 34.4 Å². The topological polar surface area (TPSA) is 63.7 Å². The van der Waals surface area contributed by atoms with Crippen molar-refractivity contribution < 1.29 is 17.9 Å². The fourth-order valence-electron chi connectivity index (χ4n) is 2.83. The Bertz CT molecular complexity index is 991. The average Bonchev–Trinajstić information content (AvgIpc) is 2.66. The van der Waals surface area contributed by atoms with Crippen molar-refractivity contribution in [3.05, 3.63) is 58.7 Å². The van der Waals surface area contributed by atoms with Gasteiger partial charge in [0.2, 0.25) is 0 Å². The molecule has 2 rings (SSSR count). The second-order valence-corrected chi connectivity index (χ2v) is 11.1. The van der Waals surface area contributed by atoms with E-state index in [0.29, 0.717) is 5.56 Å². The minimum atomic E-state index is -3.80. The number of benzene rings is 2. The molecule has 29 heavy (non-hydrogen) atoms. The summed E-state index contributed by atoms with van der Waals surface area (Å²) >= 11 is 1.17. The Balaban J connectivity index is 2.40. The van der Waals surface area contributed by atoms with Gasteiger partial charge < -0.3 is 4.74 Å². The van der Waals surface area contributed by atoms with E-state index in [2.05, 4.69) is 20.8 Å². The lowest BCUT2D eigenvalue weighted by molar-refractivity contribution is 0.0599. The zero-order valence-electron chi connectivity index (χ0n) is 18.1. The molecular weight excluding hydrogens is 406 g/mol. The van der Waals surface area contributed by atoms with Gasteiger partial charge in [-0.15, -0.1) is 3.71 Å². The molecule has 0 fully saturated rings. The van der Waals surface area contributed by atoms with Crippen LogP contribution in [-0.2, 0) is 20.2 Å². The third-order valence-electron chi connectivity index (χ3n) is 4.80. The van der Waals surface area contributed by atoms with Gasteiger partial charge in [-0.2, -0.15) is 0 Å². The van der Waals surface area contributed by atoms with Crippen LogP contribution in [0.25, 0.3) is 0 Å². The highest BCUT2D eigenvalue weighted by Gasteiger charge is 2.27. The highest BCUT2D eigenvalue weighted by atomic mass is 32.3. The number of rotatable bonds is 6. The van der Waals surface area contributed by atoms with Crippen LogP contribution >= 0.6 is 11.9 Å². The Kier molecular flexibility index (Phi) is 7.19. The molecule has 158 valence electrons. The molecule has 0 aliphatic heterocycles. The highest BCUT2D eigenvalue weighted by molar-refractivity contribution is 8.08. The number of carbonyl (C=O) groups excluding carboxylic acids is 1. The summed E-state index contributed by atoms with van der Waals surface area (Å²) in [5, 5.41) is 0. The smallest absolute Gasteiger partial charge is 0.338 e. The van der Waals surface area contributed by atoms with Gasteiger partial charge in [0, 0.05) is 11.4 Å². The molecule has 0 aromatic heterocycles. The van der Waals surface area contributed by atoms with Gasteiger partial charge in [0.05, 0.1) is 17.6 Å². The third kappa shape index (κ3) is 5.21. The van der Waals surface area contributed by atoms with Crippen LogP contribution in [0.4, 0.5) is 0 Å². The van der Waals surface area contributed by atoms with E-state index in [1.807, 2.05) is 24.3 Å². The lowest BCUT2D eigenvalue weighted by atomic mass is 9.87. The standard InChI is InChI=1S/C22H29NO4S2/c1-8-23(28-18-11-9-17(10-12-18)22(4,5)6)29(25,26)19-13-15(2)16(3)20(14-19)21(24)27-7/h9-14H,8H2,1-7H3. The average molecular weight is 436 g/mol. The Labute approximate surface area is 178 Å². The van der Waals surface area contributed by atoms with E-state index in [-0.39, 0.29) is 22.4 Å². The van der Waals surface area contributed by atoms with Crippen LogP contribution in [-0.4, -0.2) is 31.8 Å². The molecule has 0 unspecified atom stereocenters. The van der Waals surface area contributed by atoms with Crippen LogP contribution in [0, 0.1) is 13.8 Å². The minimum absolute atomic E-state index is 0.0312. The van der Waals surface area contributed by atoms with Crippen molar-refractivity contribution in [2.24, 2.45) is 0 Å². The number of carbonyl (C=O) groups is 1. The first-order valence-electron chi connectivity index (χ1n) is 9.42. The van der Waals surface area contributed by atoms with Crippen LogP contribution in [0.2, 0.25) is 0 Å². The molecule has 2 aromatic carbocycles. The van der Waals surface area contributed by atoms with Gasteiger partial charge in [0.25, 0.3) is 10.0 Å². The summed E-state index contributed by atoms with van der Waals surface area (Å²) in [6.07, 6.45) is 0. The Morgan fingerprint density at radius 3 is 2.17 bits per heavy atom. The first-order valence-corrected chi connectivity index (χ1v) is 11.6.